The van der Waals surface area contributed by atoms with Gasteiger partial charge in [0.15, 0.2) is 23.3 Å². The van der Waals surface area contributed by atoms with Gasteiger partial charge in [0, 0.05) is 25.3 Å². The van der Waals surface area contributed by atoms with Gasteiger partial charge in [-0.15, -0.1) is 0 Å². The Hall–Kier alpha value is -2.17. The number of para-hydroxylation sites is 1. The molecule has 0 aliphatic rings. The third-order valence-electron chi connectivity index (χ3n) is 3.21. The van der Waals surface area contributed by atoms with Crippen LogP contribution in [0, 0.1) is 11.6 Å². The Morgan fingerprint density at radius 3 is 2.48 bits per heavy atom. The lowest BCUT2D eigenvalue weighted by atomic mass is 10.2. The minimum Gasteiger partial charge on any atom is -0.371 e. The van der Waals surface area contributed by atoms with Gasteiger partial charge < -0.3 is 10.2 Å². The number of benzene rings is 1. The van der Waals surface area contributed by atoms with E-state index in [1.807, 2.05) is 30.3 Å². The van der Waals surface area contributed by atoms with E-state index < -0.39 is 11.6 Å². The van der Waals surface area contributed by atoms with Crippen molar-refractivity contribution in [3.63, 3.8) is 0 Å². The number of rotatable bonds is 6. The summed E-state index contributed by atoms with van der Waals surface area (Å²) in [5.74, 6) is -1.17. The van der Waals surface area contributed by atoms with Crippen LogP contribution in [0.1, 0.15) is 19.8 Å². The molecule has 0 saturated heterocycles. The smallest absolute Gasteiger partial charge is 0.171 e. The molecule has 1 aromatic heterocycles. The molecule has 1 N–H and O–H groups in total. The lowest BCUT2D eigenvalue weighted by molar-refractivity contribution is 0.574. The second kappa shape index (κ2) is 7.02. The van der Waals surface area contributed by atoms with Crippen molar-refractivity contribution in [2.75, 3.05) is 23.8 Å². The quantitative estimate of drug-likeness (QED) is 0.858. The summed E-state index contributed by atoms with van der Waals surface area (Å²) in [6, 6.07) is 10.3. The van der Waals surface area contributed by atoms with Crippen LogP contribution in [-0.4, -0.2) is 18.6 Å². The van der Waals surface area contributed by atoms with Crippen LogP contribution >= 0.6 is 0 Å². The molecule has 1 heterocycles. The molecule has 0 unspecified atom stereocenters. The highest BCUT2D eigenvalue weighted by atomic mass is 19.1. The second-order valence-electron chi connectivity index (χ2n) is 4.71. The Bertz CT molecular complexity index is 588. The van der Waals surface area contributed by atoms with Gasteiger partial charge in [0.2, 0.25) is 0 Å². The number of anilines is 3. The van der Waals surface area contributed by atoms with Crippen LogP contribution in [0.25, 0.3) is 0 Å². The van der Waals surface area contributed by atoms with Crippen molar-refractivity contribution >= 4 is 17.3 Å². The van der Waals surface area contributed by atoms with E-state index in [0.29, 0.717) is 6.54 Å². The molecule has 0 aliphatic heterocycles. The van der Waals surface area contributed by atoms with Crippen LogP contribution in [0.15, 0.2) is 36.4 Å². The Morgan fingerprint density at radius 1 is 1.14 bits per heavy atom. The number of pyridine rings is 1. The van der Waals surface area contributed by atoms with Gasteiger partial charge in [0.05, 0.1) is 0 Å². The van der Waals surface area contributed by atoms with Crippen molar-refractivity contribution in [1.82, 2.24) is 4.98 Å². The van der Waals surface area contributed by atoms with Crippen LogP contribution in [0.3, 0.4) is 0 Å². The lowest BCUT2D eigenvalue weighted by Gasteiger charge is -2.24. The molecule has 0 aliphatic carbocycles. The summed E-state index contributed by atoms with van der Waals surface area (Å²) in [6.07, 6.45) is 1.87. The van der Waals surface area contributed by atoms with E-state index in [9.17, 15) is 8.78 Å². The maximum absolute atomic E-state index is 14.2. The van der Waals surface area contributed by atoms with Gasteiger partial charge in [-0.05, 0) is 18.6 Å². The SMILES string of the molecule is CCCCN(c1ccccc1)c1nc(NC)c(F)cc1F. The van der Waals surface area contributed by atoms with Gasteiger partial charge in [0.25, 0.3) is 0 Å². The molecule has 112 valence electrons. The Kier molecular flexibility index (Phi) is 5.09. The molecule has 5 heteroatoms. The zero-order valence-electron chi connectivity index (χ0n) is 12.2. The molecular formula is C16H19F2N3. The molecule has 0 radical (unpaired) electrons. The van der Waals surface area contributed by atoms with E-state index in [4.69, 9.17) is 0 Å². The van der Waals surface area contributed by atoms with E-state index in [-0.39, 0.29) is 11.6 Å². The summed E-state index contributed by atoms with van der Waals surface area (Å²) in [5, 5.41) is 2.65. The van der Waals surface area contributed by atoms with E-state index in [0.717, 1.165) is 24.6 Å². The molecule has 0 spiro atoms. The number of unbranched alkanes of at least 4 members (excludes halogenated alkanes) is 1. The van der Waals surface area contributed by atoms with Crippen LogP contribution in [-0.2, 0) is 0 Å². The lowest BCUT2D eigenvalue weighted by Crippen LogP contribution is -2.21. The predicted molar refractivity (Wildman–Crippen MR) is 82.1 cm³/mol. The van der Waals surface area contributed by atoms with Crippen LogP contribution in [0.2, 0.25) is 0 Å². The van der Waals surface area contributed by atoms with Crippen molar-refractivity contribution < 1.29 is 8.78 Å². The van der Waals surface area contributed by atoms with Crippen molar-refractivity contribution in [3.05, 3.63) is 48.0 Å². The maximum Gasteiger partial charge on any atom is 0.171 e. The Labute approximate surface area is 123 Å². The summed E-state index contributed by atoms with van der Waals surface area (Å²) in [6.45, 7) is 2.69. The predicted octanol–water partition coefficient (Wildman–Crippen LogP) is 4.34. The van der Waals surface area contributed by atoms with Crippen molar-refractivity contribution in [2.45, 2.75) is 19.8 Å². The van der Waals surface area contributed by atoms with Crippen LogP contribution < -0.4 is 10.2 Å². The van der Waals surface area contributed by atoms with Gasteiger partial charge in [-0.2, -0.15) is 0 Å². The van der Waals surface area contributed by atoms with Gasteiger partial charge in [-0.25, -0.2) is 13.8 Å². The highest BCUT2D eigenvalue weighted by molar-refractivity contribution is 5.62. The maximum atomic E-state index is 14.2. The minimum absolute atomic E-state index is 0.0452. The first kappa shape index (κ1) is 15.2. The molecule has 0 fully saturated rings. The summed E-state index contributed by atoms with van der Waals surface area (Å²) in [5.41, 5.74) is 0.839. The zero-order chi connectivity index (χ0) is 15.2. The zero-order valence-corrected chi connectivity index (χ0v) is 12.2. The molecule has 0 atom stereocenters. The molecule has 3 nitrogen and oxygen atoms in total. The number of hydrogen-bond donors (Lipinski definition) is 1. The normalized spacial score (nSPS) is 10.5. The Balaban J connectivity index is 2.46. The first-order chi connectivity index (χ1) is 10.2. The van der Waals surface area contributed by atoms with E-state index >= 15 is 0 Å². The molecule has 0 amide bonds. The third-order valence-corrected chi connectivity index (χ3v) is 3.21. The number of halogens is 2. The number of hydrogen-bond acceptors (Lipinski definition) is 3. The van der Waals surface area contributed by atoms with Gasteiger partial charge in [0.1, 0.15) is 0 Å². The first-order valence-corrected chi connectivity index (χ1v) is 7.03. The first-order valence-electron chi connectivity index (χ1n) is 7.03. The number of nitrogens with one attached hydrogen (secondary N) is 1. The van der Waals surface area contributed by atoms with Crippen molar-refractivity contribution in [3.8, 4) is 0 Å². The molecule has 1 aromatic carbocycles. The highest BCUT2D eigenvalue weighted by Crippen LogP contribution is 2.28. The fraction of sp³-hybridized carbons (Fsp3) is 0.312. The monoisotopic (exact) mass is 291 g/mol. The third kappa shape index (κ3) is 3.48. The van der Waals surface area contributed by atoms with Crippen LogP contribution in [0.4, 0.5) is 26.1 Å². The molecule has 21 heavy (non-hydrogen) atoms. The summed E-state index contributed by atoms with van der Waals surface area (Å²) >= 11 is 0. The van der Waals surface area contributed by atoms with Gasteiger partial charge in [-0.3, -0.25) is 0 Å². The van der Waals surface area contributed by atoms with Crippen LogP contribution in [0.5, 0.6) is 0 Å². The minimum atomic E-state index is -0.692. The summed E-state index contributed by atoms with van der Waals surface area (Å²) in [4.78, 5) is 5.86. The standard InChI is InChI=1S/C16H19F2N3/c1-3-4-10-21(12-8-6-5-7-9-12)16-14(18)11-13(17)15(19-2)20-16/h5-9,11H,3-4,10H2,1-2H3,(H,19,20). The molecule has 0 bridgehead atoms. The van der Waals surface area contributed by atoms with Gasteiger partial charge in [-0.1, -0.05) is 31.5 Å². The van der Waals surface area contributed by atoms with Crippen molar-refractivity contribution in [2.24, 2.45) is 0 Å². The fourth-order valence-electron chi connectivity index (χ4n) is 2.10. The van der Waals surface area contributed by atoms with E-state index in [2.05, 4.69) is 17.2 Å². The Morgan fingerprint density at radius 2 is 1.86 bits per heavy atom. The average Bonchev–Trinajstić information content (AvgIpc) is 2.50. The highest BCUT2D eigenvalue weighted by Gasteiger charge is 2.18. The number of nitrogens with zero attached hydrogens (tertiary/aromatic N) is 2. The topological polar surface area (TPSA) is 28.2 Å². The number of aromatic nitrogens is 1. The second-order valence-corrected chi connectivity index (χ2v) is 4.71. The summed E-state index contributed by atoms with van der Waals surface area (Å²) in [7, 11) is 1.56. The van der Waals surface area contributed by atoms with E-state index in [1.165, 1.54) is 0 Å². The molecule has 2 rings (SSSR count). The summed E-state index contributed by atoms with van der Waals surface area (Å²) < 4.78 is 27.7. The average molecular weight is 291 g/mol. The van der Waals surface area contributed by atoms with E-state index in [1.54, 1.807) is 11.9 Å². The van der Waals surface area contributed by atoms with Gasteiger partial charge >= 0.3 is 0 Å². The molecular weight excluding hydrogens is 272 g/mol. The van der Waals surface area contributed by atoms with Crippen molar-refractivity contribution in [1.29, 1.82) is 0 Å². The largest absolute Gasteiger partial charge is 0.371 e. The molecule has 2 aromatic rings. The fourth-order valence-corrected chi connectivity index (χ4v) is 2.10. The molecule has 0 saturated carbocycles.